The number of benzene rings is 1. The van der Waals surface area contributed by atoms with Crippen molar-refractivity contribution in [2.45, 2.75) is 18.8 Å². The van der Waals surface area contributed by atoms with Crippen LogP contribution in [0.25, 0.3) is 11.1 Å². The molecule has 0 radical (unpaired) electrons. The van der Waals surface area contributed by atoms with Gasteiger partial charge in [-0.15, -0.1) is 0 Å². The van der Waals surface area contributed by atoms with Crippen molar-refractivity contribution in [3.63, 3.8) is 0 Å². The second-order valence-corrected chi connectivity index (χ2v) is 4.92. The molecule has 2 heterocycles. The SMILES string of the molecule is COc1ccccc1-c1cn[nH]c1C1CCNCC1. The van der Waals surface area contributed by atoms with Gasteiger partial charge in [0.2, 0.25) is 0 Å². The van der Waals surface area contributed by atoms with Gasteiger partial charge < -0.3 is 10.1 Å². The number of piperidine rings is 1. The number of para-hydroxylation sites is 1. The smallest absolute Gasteiger partial charge is 0.126 e. The number of methoxy groups -OCH3 is 1. The average Bonchev–Trinajstić information content (AvgIpc) is 2.97. The van der Waals surface area contributed by atoms with Crippen LogP contribution in [-0.2, 0) is 0 Å². The van der Waals surface area contributed by atoms with Crippen LogP contribution in [0.5, 0.6) is 5.75 Å². The summed E-state index contributed by atoms with van der Waals surface area (Å²) in [5, 5.41) is 10.8. The van der Waals surface area contributed by atoms with Crippen molar-refractivity contribution in [1.29, 1.82) is 0 Å². The Kier molecular flexibility index (Phi) is 3.51. The lowest BCUT2D eigenvalue weighted by atomic mass is 9.90. The fourth-order valence-corrected chi connectivity index (χ4v) is 2.80. The Hall–Kier alpha value is -1.81. The number of ether oxygens (including phenoxy) is 1. The molecule has 0 spiro atoms. The molecule has 0 amide bonds. The zero-order valence-corrected chi connectivity index (χ0v) is 11.1. The topological polar surface area (TPSA) is 49.9 Å². The molecule has 0 bridgehead atoms. The summed E-state index contributed by atoms with van der Waals surface area (Å²) in [7, 11) is 1.71. The molecule has 0 saturated carbocycles. The zero-order chi connectivity index (χ0) is 13.1. The number of H-pyrrole nitrogens is 1. The maximum atomic E-state index is 5.46. The van der Waals surface area contributed by atoms with Crippen molar-refractivity contribution in [2.24, 2.45) is 0 Å². The quantitative estimate of drug-likeness (QED) is 0.888. The van der Waals surface area contributed by atoms with Crippen LogP contribution >= 0.6 is 0 Å². The molecule has 3 rings (SSSR count). The Labute approximate surface area is 113 Å². The number of hydrogen-bond acceptors (Lipinski definition) is 3. The van der Waals surface area contributed by atoms with Gasteiger partial charge in [-0.2, -0.15) is 5.10 Å². The Morgan fingerprint density at radius 1 is 1.16 bits per heavy atom. The molecule has 2 aromatic rings. The number of aromatic nitrogens is 2. The number of nitrogens with one attached hydrogen (secondary N) is 2. The predicted molar refractivity (Wildman–Crippen MR) is 75.4 cm³/mol. The Balaban J connectivity index is 1.99. The fourth-order valence-electron chi connectivity index (χ4n) is 2.80. The third-order valence-electron chi connectivity index (χ3n) is 3.81. The van der Waals surface area contributed by atoms with E-state index >= 15 is 0 Å². The second kappa shape index (κ2) is 5.45. The van der Waals surface area contributed by atoms with Gasteiger partial charge in [0, 0.05) is 22.7 Å². The van der Waals surface area contributed by atoms with E-state index in [1.807, 2.05) is 24.4 Å². The summed E-state index contributed by atoms with van der Waals surface area (Å²) < 4.78 is 5.46. The first-order chi connectivity index (χ1) is 9.40. The summed E-state index contributed by atoms with van der Waals surface area (Å²) >= 11 is 0. The van der Waals surface area contributed by atoms with Gasteiger partial charge in [0.15, 0.2) is 0 Å². The first-order valence-corrected chi connectivity index (χ1v) is 6.77. The van der Waals surface area contributed by atoms with Crippen molar-refractivity contribution in [1.82, 2.24) is 15.5 Å². The van der Waals surface area contributed by atoms with Crippen LogP contribution in [0, 0.1) is 0 Å². The molecule has 1 aliphatic rings. The molecule has 0 atom stereocenters. The van der Waals surface area contributed by atoms with E-state index in [0.29, 0.717) is 5.92 Å². The van der Waals surface area contributed by atoms with Crippen LogP contribution in [0.4, 0.5) is 0 Å². The van der Waals surface area contributed by atoms with E-state index in [0.717, 1.165) is 37.2 Å². The van der Waals surface area contributed by atoms with Crippen LogP contribution in [0.15, 0.2) is 30.5 Å². The first kappa shape index (κ1) is 12.2. The van der Waals surface area contributed by atoms with Crippen molar-refractivity contribution >= 4 is 0 Å². The summed E-state index contributed by atoms with van der Waals surface area (Å²) in [6, 6.07) is 8.12. The van der Waals surface area contributed by atoms with Crippen molar-refractivity contribution in [3.05, 3.63) is 36.2 Å². The molecule has 100 valence electrons. The summed E-state index contributed by atoms with van der Waals surface area (Å²) in [6.45, 7) is 2.16. The number of hydrogen-bond donors (Lipinski definition) is 2. The first-order valence-electron chi connectivity index (χ1n) is 6.77. The van der Waals surface area contributed by atoms with E-state index in [1.165, 1.54) is 11.3 Å². The monoisotopic (exact) mass is 257 g/mol. The van der Waals surface area contributed by atoms with Gasteiger partial charge in [0.05, 0.1) is 13.3 Å². The normalized spacial score (nSPS) is 16.5. The van der Waals surface area contributed by atoms with E-state index in [1.54, 1.807) is 7.11 Å². The van der Waals surface area contributed by atoms with Crippen LogP contribution in [0.2, 0.25) is 0 Å². The summed E-state index contributed by atoms with van der Waals surface area (Å²) in [5.74, 6) is 1.46. The minimum absolute atomic E-state index is 0.559. The second-order valence-electron chi connectivity index (χ2n) is 4.92. The van der Waals surface area contributed by atoms with Gasteiger partial charge >= 0.3 is 0 Å². The Morgan fingerprint density at radius 2 is 1.95 bits per heavy atom. The van der Waals surface area contributed by atoms with E-state index < -0.39 is 0 Å². The number of nitrogens with zero attached hydrogens (tertiary/aromatic N) is 1. The van der Waals surface area contributed by atoms with E-state index in [-0.39, 0.29) is 0 Å². The predicted octanol–water partition coefficient (Wildman–Crippen LogP) is 2.55. The summed E-state index contributed by atoms with van der Waals surface area (Å²) in [4.78, 5) is 0. The molecule has 1 aliphatic heterocycles. The average molecular weight is 257 g/mol. The van der Waals surface area contributed by atoms with E-state index in [4.69, 9.17) is 4.74 Å². The number of aromatic amines is 1. The maximum absolute atomic E-state index is 5.46. The molecular weight excluding hydrogens is 238 g/mol. The summed E-state index contributed by atoms with van der Waals surface area (Å²) in [5.41, 5.74) is 3.53. The molecular formula is C15H19N3O. The fraction of sp³-hybridized carbons (Fsp3) is 0.400. The molecule has 0 unspecified atom stereocenters. The highest BCUT2D eigenvalue weighted by atomic mass is 16.5. The highest BCUT2D eigenvalue weighted by molar-refractivity contribution is 5.72. The van der Waals surface area contributed by atoms with Gasteiger partial charge in [-0.3, -0.25) is 5.10 Å². The molecule has 1 saturated heterocycles. The van der Waals surface area contributed by atoms with Crippen LogP contribution in [0.1, 0.15) is 24.5 Å². The third-order valence-corrected chi connectivity index (χ3v) is 3.81. The lowest BCUT2D eigenvalue weighted by Gasteiger charge is -2.22. The molecule has 1 aromatic heterocycles. The van der Waals surface area contributed by atoms with E-state index in [9.17, 15) is 0 Å². The molecule has 0 aliphatic carbocycles. The highest BCUT2D eigenvalue weighted by Crippen LogP contribution is 2.36. The third kappa shape index (κ3) is 2.36. The van der Waals surface area contributed by atoms with E-state index in [2.05, 4.69) is 21.6 Å². The maximum Gasteiger partial charge on any atom is 0.126 e. The Bertz CT molecular complexity index is 544. The molecule has 2 N–H and O–H groups in total. The molecule has 4 heteroatoms. The van der Waals surface area contributed by atoms with Gasteiger partial charge in [0.1, 0.15) is 5.75 Å². The lowest BCUT2D eigenvalue weighted by molar-refractivity contribution is 0.416. The van der Waals surface area contributed by atoms with Crippen molar-refractivity contribution in [2.75, 3.05) is 20.2 Å². The van der Waals surface area contributed by atoms with Crippen molar-refractivity contribution < 1.29 is 4.74 Å². The van der Waals surface area contributed by atoms with Crippen molar-refractivity contribution in [3.8, 4) is 16.9 Å². The number of rotatable bonds is 3. The zero-order valence-electron chi connectivity index (χ0n) is 11.1. The molecule has 19 heavy (non-hydrogen) atoms. The van der Waals surface area contributed by atoms with Gasteiger partial charge in [-0.1, -0.05) is 18.2 Å². The molecule has 1 fully saturated rings. The van der Waals surface area contributed by atoms with Gasteiger partial charge in [0.25, 0.3) is 0 Å². The summed E-state index contributed by atoms with van der Waals surface area (Å²) in [6.07, 6.45) is 4.23. The minimum Gasteiger partial charge on any atom is -0.496 e. The largest absolute Gasteiger partial charge is 0.496 e. The lowest BCUT2D eigenvalue weighted by Crippen LogP contribution is -2.27. The standard InChI is InChI=1S/C15H19N3O/c1-19-14-5-3-2-4-12(14)13-10-17-18-15(13)11-6-8-16-9-7-11/h2-5,10-11,16H,6-9H2,1H3,(H,17,18). The van der Waals surface area contributed by atoms with Crippen LogP contribution in [-0.4, -0.2) is 30.4 Å². The Morgan fingerprint density at radius 3 is 2.74 bits per heavy atom. The van der Waals surface area contributed by atoms with Gasteiger partial charge in [-0.25, -0.2) is 0 Å². The van der Waals surface area contributed by atoms with Gasteiger partial charge in [-0.05, 0) is 32.0 Å². The van der Waals surface area contributed by atoms with Crippen LogP contribution in [0.3, 0.4) is 0 Å². The molecule has 4 nitrogen and oxygen atoms in total. The molecule has 1 aromatic carbocycles. The minimum atomic E-state index is 0.559. The highest BCUT2D eigenvalue weighted by Gasteiger charge is 2.21. The van der Waals surface area contributed by atoms with Crippen LogP contribution < -0.4 is 10.1 Å².